The molecule has 0 amide bonds. The van der Waals surface area contributed by atoms with E-state index in [0.29, 0.717) is 6.61 Å². The summed E-state index contributed by atoms with van der Waals surface area (Å²) >= 11 is 3.32. The van der Waals surface area contributed by atoms with Crippen LogP contribution in [-0.4, -0.2) is 27.0 Å². The number of nitrogens with zero attached hydrogens (tertiary/aromatic N) is 2. The Balaban J connectivity index is 1.80. The Morgan fingerprint density at radius 2 is 2.29 bits per heavy atom. The summed E-state index contributed by atoms with van der Waals surface area (Å²) in [5.41, 5.74) is 1.77. The Morgan fingerprint density at radius 1 is 1.46 bits per heavy atom. The number of nitrogens with one attached hydrogen (secondary N) is 1. The zero-order valence-electron chi connectivity index (χ0n) is 14.0. The molecule has 5 nitrogen and oxygen atoms in total. The summed E-state index contributed by atoms with van der Waals surface area (Å²) in [6.45, 7) is 6.93. The second-order valence-electron chi connectivity index (χ2n) is 6.99. The van der Waals surface area contributed by atoms with Crippen molar-refractivity contribution in [3.8, 4) is 0 Å². The summed E-state index contributed by atoms with van der Waals surface area (Å²) in [6.07, 6.45) is 1.76. The zero-order valence-corrected chi connectivity index (χ0v) is 15.7. The lowest BCUT2D eigenvalue weighted by Crippen LogP contribution is -2.35. The third kappa shape index (κ3) is 2.78. The second kappa shape index (κ2) is 5.89. The summed E-state index contributed by atoms with van der Waals surface area (Å²) in [5.74, 6) is 0.801. The minimum atomic E-state index is -0.175. The van der Waals surface area contributed by atoms with Gasteiger partial charge in [0.25, 0.3) is 5.56 Å². The Hall–Kier alpha value is -1.31. The molecule has 7 heteroatoms. The molecular formula is C17H21N3O2S2. The van der Waals surface area contributed by atoms with Crippen LogP contribution in [0.4, 0.5) is 5.82 Å². The van der Waals surface area contributed by atoms with Gasteiger partial charge in [0.05, 0.1) is 27.5 Å². The van der Waals surface area contributed by atoms with Crippen molar-refractivity contribution in [1.29, 1.82) is 0 Å². The van der Waals surface area contributed by atoms with E-state index < -0.39 is 0 Å². The van der Waals surface area contributed by atoms with Crippen LogP contribution >= 0.6 is 23.1 Å². The van der Waals surface area contributed by atoms with E-state index in [4.69, 9.17) is 9.73 Å². The molecule has 0 unspecified atom stereocenters. The number of rotatable bonds is 2. The number of hydrogen-bond acceptors (Lipinski definition) is 5. The van der Waals surface area contributed by atoms with E-state index in [1.807, 2.05) is 11.6 Å². The van der Waals surface area contributed by atoms with Gasteiger partial charge in [0.1, 0.15) is 0 Å². The molecule has 1 fully saturated rings. The first-order valence-electron chi connectivity index (χ1n) is 8.17. The topological polar surface area (TPSA) is 59.4 Å². The van der Waals surface area contributed by atoms with Crippen molar-refractivity contribution in [2.75, 3.05) is 6.61 Å². The van der Waals surface area contributed by atoms with E-state index >= 15 is 0 Å². The quantitative estimate of drug-likeness (QED) is 0.867. The average molecular weight is 364 g/mol. The van der Waals surface area contributed by atoms with Gasteiger partial charge in [0, 0.05) is 6.61 Å². The van der Waals surface area contributed by atoms with Crippen LogP contribution in [0.2, 0.25) is 0 Å². The molecule has 0 radical (unpaired) electrons. The first-order valence-corrected chi connectivity index (χ1v) is 9.99. The van der Waals surface area contributed by atoms with Gasteiger partial charge in [-0.25, -0.2) is 4.99 Å². The van der Waals surface area contributed by atoms with Gasteiger partial charge in [-0.05, 0) is 56.0 Å². The molecule has 0 aliphatic carbocycles. The van der Waals surface area contributed by atoms with Crippen molar-refractivity contribution in [2.45, 2.75) is 50.5 Å². The summed E-state index contributed by atoms with van der Waals surface area (Å²) in [7, 11) is 0. The fourth-order valence-corrected chi connectivity index (χ4v) is 5.42. The highest BCUT2D eigenvalue weighted by Crippen LogP contribution is 2.45. The van der Waals surface area contributed by atoms with E-state index in [1.165, 1.54) is 5.56 Å². The summed E-state index contributed by atoms with van der Waals surface area (Å²) in [4.78, 5) is 17.4. The van der Waals surface area contributed by atoms with Crippen molar-refractivity contribution in [3.63, 3.8) is 0 Å². The molecule has 2 aliphatic heterocycles. The van der Waals surface area contributed by atoms with Crippen LogP contribution < -0.4 is 5.56 Å². The lowest BCUT2D eigenvalue weighted by Gasteiger charge is -2.36. The molecular weight excluding hydrogens is 342 g/mol. The molecule has 0 saturated carbocycles. The van der Waals surface area contributed by atoms with Crippen LogP contribution in [0.15, 0.2) is 26.6 Å². The van der Waals surface area contributed by atoms with Gasteiger partial charge in [0.15, 0.2) is 5.82 Å². The average Bonchev–Trinajstić information content (AvgIpc) is 3.14. The van der Waals surface area contributed by atoms with Crippen LogP contribution in [0.3, 0.4) is 0 Å². The van der Waals surface area contributed by atoms with Gasteiger partial charge in [-0.2, -0.15) is 11.3 Å². The van der Waals surface area contributed by atoms with Gasteiger partial charge in [-0.1, -0.05) is 11.8 Å². The molecule has 4 rings (SSSR count). The van der Waals surface area contributed by atoms with E-state index in [1.54, 1.807) is 23.1 Å². The second-order valence-corrected chi connectivity index (χ2v) is 9.07. The summed E-state index contributed by atoms with van der Waals surface area (Å²) in [5, 5.41) is 8.27. The molecule has 0 aromatic carbocycles. The van der Waals surface area contributed by atoms with E-state index in [0.717, 1.165) is 29.3 Å². The maximum atomic E-state index is 12.7. The van der Waals surface area contributed by atoms with Gasteiger partial charge >= 0.3 is 0 Å². The van der Waals surface area contributed by atoms with Crippen LogP contribution in [-0.2, 0) is 4.74 Å². The molecule has 2 aromatic rings. The van der Waals surface area contributed by atoms with Crippen molar-refractivity contribution in [1.82, 2.24) is 9.78 Å². The first kappa shape index (κ1) is 16.2. The number of hydrogen-bond donors (Lipinski definition) is 1. The first-order chi connectivity index (χ1) is 11.4. The number of thioether (sulfide) groups is 1. The minimum Gasteiger partial charge on any atom is -0.375 e. The monoisotopic (exact) mass is 363 g/mol. The smallest absolute Gasteiger partial charge is 0.271 e. The molecule has 4 heterocycles. The van der Waals surface area contributed by atoms with Crippen LogP contribution in [0.25, 0.3) is 0 Å². The highest BCUT2D eigenvalue weighted by Gasteiger charge is 2.35. The van der Waals surface area contributed by atoms with Gasteiger partial charge < -0.3 is 4.74 Å². The Kier molecular flexibility index (Phi) is 3.97. The number of thiophene rings is 1. The van der Waals surface area contributed by atoms with Crippen LogP contribution in [0, 0.1) is 0 Å². The maximum Gasteiger partial charge on any atom is 0.271 e. The number of H-pyrrole nitrogens is 1. The van der Waals surface area contributed by atoms with E-state index in [9.17, 15) is 4.79 Å². The standard InChI is InChI=1S/C17H21N3O2S2/c1-10-18-15-13(14(24-10)11-5-7-23-9-11)16(21)19-20(15)12-4-6-22-17(2,3)8-12/h5,7,9,12,14H,4,6,8H2,1-3H3,(H,19,21)/t12-,14-/m0/s1. The molecule has 128 valence electrons. The van der Waals surface area contributed by atoms with Crippen molar-refractivity contribution in [2.24, 2.45) is 4.99 Å². The molecule has 0 spiro atoms. The molecule has 2 atom stereocenters. The van der Waals surface area contributed by atoms with Gasteiger partial charge in [-0.3, -0.25) is 14.6 Å². The highest BCUT2D eigenvalue weighted by molar-refractivity contribution is 8.14. The van der Waals surface area contributed by atoms with Crippen molar-refractivity contribution in [3.05, 3.63) is 38.3 Å². The zero-order chi connectivity index (χ0) is 16.9. The molecule has 0 bridgehead atoms. The lowest BCUT2D eigenvalue weighted by molar-refractivity contribution is -0.0705. The number of fused-ring (bicyclic) bond motifs is 1. The highest BCUT2D eigenvalue weighted by atomic mass is 32.2. The Labute approximate surface area is 149 Å². The predicted octanol–water partition coefficient (Wildman–Crippen LogP) is 4.25. The largest absolute Gasteiger partial charge is 0.375 e. The SMILES string of the molecule is CC1=Nc2c(c(=O)[nH]n2[C@H]2CCOC(C)(C)C2)[C@H](c2ccsc2)S1. The number of aliphatic imine (C=N–C) groups is 1. The van der Waals surface area contributed by atoms with Crippen molar-refractivity contribution >= 4 is 34.0 Å². The molecule has 24 heavy (non-hydrogen) atoms. The van der Waals surface area contributed by atoms with Crippen molar-refractivity contribution < 1.29 is 4.74 Å². The number of ether oxygens (including phenoxy) is 1. The molecule has 1 N–H and O–H groups in total. The molecule has 1 saturated heterocycles. The fraction of sp³-hybridized carbons (Fsp3) is 0.529. The Bertz CT molecular complexity index is 833. The predicted molar refractivity (Wildman–Crippen MR) is 99.9 cm³/mol. The summed E-state index contributed by atoms with van der Waals surface area (Å²) in [6, 6.07) is 2.31. The lowest BCUT2D eigenvalue weighted by atomic mass is 9.94. The third-order valence-corrected chi connectivity index (χ3v) is 6.51. The van der Waals surface area contributed by atoms with Gasteiger partial charge in [0.2, 0.25) is 0 Å². The normalized spacial score (nSPS) is 26.0. The molecule has 2 aromatic heterocycles. The number of aromatic nitrogens is 2. The fourth-order valence-electron chi connectivity index (χ4n) is 3.55. The number of aromatic amines is 1. The minimum absolute atomic E-state index is 0.0192. The van der Waals surface area contributed by atoms with Crippen LogP contribution in [0.1, 0.15) is 56.0 Å². The van der Waals surface area contributed by atoms with E-state index in [-0.39, 0.29) is 22.5 Å². The maximum absolute atomic E-state index is 12.7. The molecule has 2 aliphatic rings. The van der Waals surface area contributed by atoms with Gasteiger partial charge in [-0.15, -0.1) is 0 Å². The van der Waals surface area contributed by atoms with Crippen LogP contribution in [0.5, 0.6) is 0 Å². The Morgan fingerprint density at radius 3 is 3.00 bits per heavy atom. The van der Waals surface area contributed by atoms with E-state index in [2.05, 4.69) is 35.8 Å². The third-order valence-electron chi connectivity index (χ3n) is 4.63. The summed E-state index contributed by atoms with van der Waals surface area (Å²) < 4.78 is 7.82.